The van der Waals surface area contributed by atoms with Crippen LogP contribution in [0.2, 0.25) is 0 Å². The van der Waals surface area contributed by atoms with Gasteiger partial charge in [0.1, 0.15) is 5.75 Å². The highest BCUT2D eigenvalue weighted by atomic mass is 16.5. The van der Waals surface area contributed by atoms with E-state index >= 15 is 0 Å². The number of amides is 1. The summed E-state index contributed by atoms with van der Waals surface area (Å²) >= 11 is 0. The molecule has 0 aliphatic heterocycles. The Bertz CT molecular complexity index is 832. The van der Waals surface area contributed by atoms with E-state index in [1.807, 2.05) is 35.0 Å². The summed E-state index contributed by atoms with van der Waals surface area (Å²) in [5.41, 5.74) is 0.915. The molecule has 0 aliphatic rings. The molecule has 0 atom stereocenters. The first-order valence-electron chi connectivity index (χ1n) is 7.94. The average molecular weight is 337 g/mol. The standard InChI is InChI=1S/C18H19N5O2/c1-25-15-5-2-4-14(12-15)13-16(24)19-8-10-23-11-9-22-18(23)17-20-6-3-7-21-17/h2-7,9,11-12H,8,10,13H2,1H3,(H,19,24). The molecule has 7 nitrogen and oxygen atoms in total. The molecule has 1 amide bonds. The summed E-state index contributed by atoms with van der Waals surface area (Å²) in [5.74, 6) is 1.96. The molecule has 3 rings (SSSR count). The van der Waals surface area contributed by atoms with Crippen LogP contribution in [0, 0.1) is 0 Å². The molecule has 25 heavy (non-hydrogen) atoms. The molecule has 0 radical (unpaired) electrons. The first kappa shape index (κ1) is 16.6. The minimum atomic E-state index is -0.0362. The molecular formula is C18H19N5O2. The Hall–Kier alpha value is -3.22. The highest BCUT2D eigenvalue weighted by molar-refractivity contribution is 5.78. The Morgan fingerprint density at radius 3 is 2.80 bits per heavy atom. The Morgan fingerprint density at radius 2 is 2.00 bits per heavy atom. The van der Waals surface area contributed by atoms with Crippen molar-refractivity contribution in [2.45, 2.75) is 13.0 Å². The second-order valence-corrected chi connectivity index (χ2v) is 5.39. The molecule has 0 unspecified atom stereocenters. The molecule has 0 aliphatic carbocycles. The van der Waals surface area contributed by atoms with Gasteiger partial charge in [0.05, 0.1) is 13.5 Å². The van der Waals surface area contributed by atoms with Gasteiger partial charge >= 0.3 is 0 Å². The lowest BCUT2D eigenvalue weighted by Crippen LogP contribution is -2.28. The minimum Gasteiger partial charge on any atom is -0.497 e. The molecule has 1 aromatic carbocycles. The van der Waals surface area contributed by atoms with Crippen molar-refractivity contribution in [3.05, 3.63) is 60.7 Å². The lowest BCUT2D eigenvalue weighted by atomic mass is 10.1. The Balaban J connectivity index is 1.53. The smallest absolute Gasteiger partial charge is 0.224 e. The van der Waals surface area contributed by atoms with E-state index in [4.69, 9.17) is 4.74 Å². The number of nitrogens with zero attached hydrogens (tertiary/aromatic N) is 4. The van der Waals surface area contributed by atoms with Crippen LogP contribution in [-0.4, -0.2) is 39.1 Å². The largest absolute Gasteiger partial charge is 0.497 e. The summed E-state index contributed by atoms with van der Waals surface area (Å²) in [6.07, 6.45) is 7.22. The zero-order valence-electron chi connectivity index (χ0n) is 13.9. The van der Waals surface area contributed by atoms with Crippen molar-refractivity contribution < 1.29 is 9.53 Å². The molecule has 0 spiro atoms. The fourth-order valence-corrected chi connectivity index (χ4v) is 2.46. The highest BCUT2D eigenvalue weighted by Crippen LogP contribution is 2.13. The number of carbonyl (C=O) groups is 1. The van der Waals surface area contributed by atoms with Gasteiger partial charge in [-0.05, 0) is 23.8 Å². The van der Waals surface area contributed by atoms with Crippen molar-refractivity contribution in [3.63, 3.8) is 0 Å². The summed E-state index contributed by atoms with van der Waals surface area (Å²) in [4.78, 5) is 24.8. The third-order valence-electron chi connectivity index (χ3n) is 3.65. The van der Waals surface area contributed by atoms with Gasteiger partial charge in [-0.1, -0.05) is 12.1 Å². The number of ether oxygens (including phenoxy) is 1. The molecular weight excluding hydrogens is 318 g/mol. The maximum Gasteiger partial charge on any atom is 0.224 e. The molecule has 0 bridgehead atoms. The maximum absolute atomic E-state index is 12.1. The summed E-state index contributed by atoms with van der Waals surface area (Å²) in [7, 11) is 1.61. The third kappa shape index (κ3) is 4.41. The van der Waals surface area contributed by atoms with Crippen LogP contribution in [0.5, 0.6) is 5.75 Å². The van der Waals surface area contributed by atoms with Gasteiger partial charge in [-0.2, -0.15) is 0 Å². The summed E-state index contributed by atoms with van der Waals surface area (Å²) < 4.78 is 7.09. The van der Waals surface area contributed by atoms with E-state index in [9.17, 15) is 4.79 Å². The quantitative estimate of drug-likeness (QED) is 0.710. The highest BCUT2D eigenvalue weighted by Gasteiger charge is 2.09. The average Bonchev–Trinajstić information content (AvgIpc) is 3.11. The first-order chi connectivity index (χ1) is 12.3. The molecule has 0 fully saturated rings. The van der Waals surface area contributed by atoms with E-state index in [1.54, 1.807) is 31.8 Å². The van der Waals surface area contributed by atoms with Crippen molar-refractivity contribution in [3.8, 4) is 17.4 Å². The third-order valence-corrected chi connectivity index (χ3v) is 3.65. The normalized spacial score (nSPS) is 10.4. The lowest BCUT2D eigenvalue weighted by molar-refractivity contribution is -0.120. The Labute approximate surface area is 145 Å². The van der Waals surface area contributed by atoms with E-state index in [-0.39, 0.29) is 5.91 Å². The summed E-state index contributed by atoms with van der Waals surface area (Å²) in [6.45, 7) is 1.09. The van der Waals surface area contributed by atoms with Gasteiger partial charge in [-0.25, -0.2) is 15.0 Å². The van der Waals surface area contributed by atoms with E-state index in [2.05, 4.69) is 20.3 Å². The van der Waals surface area contributed by atoms with E-state index < -0.39 is 0 Å². The topological polar surface area (TPSA) is 81.9 Å². The van der Waals surface area contributed by atoms with Crippen LogP contribution in [0.25, 0.3) is 11.6 Å². The fraction of sp³-hybridized carbons (Fsp3) is 0.222. The van der Waals surface area contributed by atoms with Gasteiger partial charge in [-0.3, -0.25) is 4.79 Å². The minimum absolute atomic E-state index is 0.0362. The molecule has 2 heterocycles. The number of aromatic nitrogens is 4. The predicted molar refractivity (Wildman–Crippen MR) is 93.0 cm³/mol. The summed E-state index contributed by atoms with van der Waals surface area (Å²) in [5, 5.41) is 2.92. The van der Waals surface area contributed by atoms with Gasteiger partial charge in [0.25, 0.3) is 0 Å². The SMILES string of the molecule is COc1cccc(CC(=O)NCCn2ccnc2-c2ncccn2)c1. The zero-order chi connectivity index (χ0) is 17.5. The molecule has 1 N–H and O–H groups in total. The van der Waals surface area contributed by atoms with Crippen LogP contribution in [0.4, 0.5) is 0 Å². The van der Waals surface area contributed by atoms with Crippen molar-refractivity contribution >= 4 is 5.91 Å². The number of hydrogen-bond acceptors (Lipinski definition) is 5. The van der Waals surface area contributed by atoms with Crippen LogP contribution in [0.1, 0.15) is 5.56 Å². The number of nitrogens with one attached hydrogen (secondary N) is 1. The number of rotatable bonds is 7. The van der Waals surface area contributed by atoms with Crippen LogP contribution >= 0.6 is 0 Å². The zero-order valence-corrected chi connectivity index (χ0v) is 13.9. The van der Waals surface area contributed by atoms with Gasteiger partial charge in [0.2, 0.25) is 5.91 Å². The van der Waals surface area contributed by atoms with Crippen molar-refractivity contribution in [2.75, 3.05) is 13.7 Å². The number of methoxy groups -OCH3 is 1. The van der Waals surface area contributed by atoms with Gasteiger partial charge in [0.15, 0.2) is 11.6 Å². The number of carbonyl (C=O) groups excluding carboxylic acids is 1. The number of imidazole rings is 1. The van der Waals surface area contributed by atoms with Crippen molar-refractivity contribution in [2.24, 2.45) is 0 Å². The molecule has 3 aromatic rings. The molecule has 0 saturated heterocycles. The Morgan fingerprint density at radius 1 is 1.16 bits per heavy atom. The fourth-order valence-electron chi connectivity index (χ4n) is 2.46. The summed E-state index contributed by atoms with van der Waals surface area (Å²) in [6, 6.07) is 9.26. The number of hydrogen-bond donors (Lipinski definition) is 1. The second-order valence-electron chi connectivity index (χ2n) is 5.39. The van der Waals surface area contributed by atoms with E-state index in [0.29, 0.717) is 31.2 Å². The van der Waals surface area contributed by atoms with E-state index in [1.165, 1.54) is 0 Å². The monoisotopic (exact) mass is 337 g/mol. The molecule has 128 valence electrons. The van der Waals surface area contributed by atoms with Gasteiger partial charge < -0.3 is 14.6 Å². The van der Waals surface area contributed by atoms with Crippen LogP contribution in [-0.2, 0) is 17.8 Å². The maximum atomic E-state index is 12.1. The van der Waals surface area contributed by atoms with Crippen LogP contribution in [0.15, 0.2) is 55.1 Å². The lowest BCUT2D eigenvalue weighted by Gasteiger charge is -2.09. The second kappa shape index (κ2) is 8.05. The van der Waals surface area contributed by atoms with Gasteiger partial charge in [0, 0.05) is 37.9 Å². The van der Waals surface area contributed by atoms with Crippen LogP contribution < -0.4 is 10.1 Å². The van der Waals surface area contributed by atoms with E-state index in [0.717, 1.165) is 11.3 Å². The first-order valence-corrected chi connectivity index (χ1v) is 7.94. The van der Waals surface area contributed by atoms with Crippen molar-refractivity contribution in [1.82, 2.24) is 24.8 Å². The van der Waals surface area contributed by atoms with Crippen LogP contribution in [0.3, 0.4) is 0 Å². The van der Waals surface area contributed by atoms with Gasteiger partial charge in [-0.15, -0.1) is 0 Å². The molecule has 2 aromatic heterocycles. The Kier molecular flexibility index (Phi) is 5.36. The van der Waals surface area contributed by atoms with Crippen molar-refractivity contribution in [1.29, 1.82) is 0 Å². The molecule has 0 saturated carbocycles. The predicted octanol–water partition coefficient (Wildman–Crippen LogP) is 1.71. The number of benzene rings is 1. The molecule has 7 heteroatoms.